The fourth-order valence-electron chi connectivity index (χ4n) is 3.25. The molecule has 92 valence electrons. The van der Waals surface area contributed by atoms with Gasteiger partial charge in [-0.15, -0.1) is 0 Å². The minimum atomic E-state index is 0.707. The first kappa shape index (κ1) is 11.0. The van der Waals surface area contributed by atoms with Gasteiger partial charge in [-0.3, -0.25) is 4.90 Å². The number of ether oxygens (including phenoxy) is 1. The Hall–Kier alpha value is -0.120. The largest absolute Gasteiger partial charge is 0.381 e. The van der Waals surface area contributed by atoms with Crippen LogP contribution >= 0.6 is 0 Å². The van der Waals surface area contributed by atoms with Crippen LogP contribution in [0.5, 0.6) is 0 Å². The molecule has 0 amide bonds. The van der Waals surface area contributed by atoms with E-state index in [0.29, 0.717) is 6.04 Å². The maximum atomic E-state index is 5.47. The molecule has 0 spiro atoms. The second-order valence-electron chi connectivity index (χ2n) is 5.74. The average molecular weight is 224 g/mol. The fourth-order valence-corrected chi connectivity index (χ4v) is 3.25. The molecule has 0 aromatic rings. The van der Waals surface area contributed by atoms with Gasteiger partial charge in [-0.2, -0.15) is 0 Å². The van der Waals surface area contributed by atoms with Gasteiger partial charge in [-0.05, 0) is 38.5 Å². The first-order chi connectivity index (χ1) is 7.84. The van der Waals surface area contributed by atoms with Gasteiger partial charge in [0.25, 0.3) is 0 Å². The molecule has 2 unspecified atom stereocenters. The molecule has 2 atom stereocenters. The lowest BCUT2D eigenvalue weighted by molar-refractivity contribution is 0.00266. The van der Waals surface area contributed by atoms with Gasteiger partial charge in [0.2, 0.25) is 0 Å². The van der Waals surface area contributed by atoms with Gasteiger partial charge in [-0.25, -0.2) is 0 Å². The molecule has 0 aromatic carbocycles. The third-order valence-corrected chi connectivity index (χ3v) is 4.50. The summed E-state index contributed by atoms with van der Waals surface area (Å²) in [5.41, 5.74) is 0. The van der Waals surface area contributed by atoms with Crippen molar-refractivity contribution in [1.29, 1.82) is 0 Å². The second kappa shape index (κ2) is 4.63. The third-order valence-electron chi connectivity index (χ3n) is 4.50. The van der Waals surface area contributed by atoms with Crippen molar-refractivity contribution < 1.29 is 4.74 Å². The van der Waals surface area contributed by atoms with Gasteiger partial charge in [0.15, 0.2) is 0 Å². The topological polar surface area (TPSA) is 24.5 Å². The standard InChI is InChI=1S/C13H24N2O/c1-10-8-14-13(11-2-3-11)9-15(10)12-4-6-16-7-5-12/h10-14H,2-9H2,1H3. The first-order valence-electron chi connectivity index (χ1n) is 6.91. The van der Waals surface area contributed by atoms with Crippen LogP contribution in [0.2, 0.25) is 0 Å². The molecule has 2 heterocycles. The van der Waals surface area contributed by atoms with Crippen LogP contribution in [-0.2, 0) is 4.74 Å². The summed E-state index contributed by atoms with van der Waals surface area (Å²) in [6, 6.07) is 2.27. The summed E-state index contributed by atoms with van der Waals surface area (Å²) in [4.78, 5) is 2.75. The molecule has 3 aliphatic rings. The minimum Gasteiger partial charge on any atom is -0.381 e. The van der Waals surface area contributed by atoms with E-state index >= 15 is 0 Å². The molecule has 3 nitrogen and oxygen atoms in total. The smallest absolute Gasteiger partial charge is 0.0480 e. The summed E-state index contributed by atoms with van der Waals surface area (Å²) < 4.78 is 5.47. The maximum absolute atomic E-state index is 5.47. The van der Waals surface area contributed by atoms with Crippen molar-refractivity contribution in [2.45, 2.75) is 50.7 Å². The Bertz CT molecular complexity index is 236. The molecule has 0 radical (unpaired) electrons. The molecule has 1 saturated carbocycles. The van der Waals surface area contributed by atoms with E-state index in [0.717, 1.165) is 31.2 Å². The normalized spacial score (nSPS) is 38.8. The summed E-state index contributed by atoms with van der Waals surface area (Å²) in [7, 11) is 0. The highest BCUT2D eigenvalue weighted by Crippen LogP contribution is 2.35. The molecule has 0 aromatic heterocycles. The SMILES string of the molecule is CC1CNC(C2CC2)CN1C1CCOCC1. The van der Waals surface area contributed by atoms with Crippen molar-refractivity contribution in [2.24, 2.45) is 5.92 Å². The zero-order valence-electron chi connectivity index (χ0n) is 10.3. The van der Waals surface area contributed by atoms with Crippen LogP contribution in [0.4, 0.5) is 0 Å². The van der Waals surface area contributed by atoms with Crippen LogP contribution in [0.25, 0.3) is 0 Å². The molecule has 3 fully saturated rings. The van der Waals surface area contributed by atoms with Crippen molar-refractivity contribution in [3.63, 3.8) is 0 Å². The molecule has 2 saturated heterocycles. The molecule has 16 heavy (non-hydrogen) atoms. The van der Waals surface area contributed by atoms with Gasteiger partial charge in [-0.1, -0.05) is 0 Å². The lowest BCUT2D eigenvalue weighted by Gasteiger charge is -2.44. The number of nitrogens with zero attached hydrogens (tertiary/aromatic N) is 1. The molecule has 1 aliphatic carbocycles. The highest BCUT2D eigenvalue weighted by Gasteiger charge is 2.38. The zero-order valence-corrected chi connectivity index (χ0v) is 10.3. The molecule has 3 heteroatoms. The van der Waals surface area contributed by atoms with E-state index in [4.69, 9.17) is 4.74 Å². The number of hydrogen-bond acceptors (Lipinski definition) is 3. The van der Waals surface area contributed by atoms with E-state index in [1.165, 1.54) is 38.8 Å². The Kier molecular flexibility index (Phi) is 3.18. The molecule has 2 aliphatic heterocycles. The van der Waals surface area contributed by atoms with Crippen LogP contribution in [0.1, 0.15) is 32.6 Å². The summed E-state index contributed by atoms with van der Waals surface area (Å²) in [5, 5.41) is 3.73. The fraction of sp³-hybridized carbons (Fsp3) is 1.00. The molecular weight excluding hydrogens is 200 g/mol. The van der Waals surface area contributed by atoms with Gasteiger partial charge >= 0.3 is 0 Å². The summed E-state index contributed by atoms with van der Waals surface area (Å²) in [6.45, 7) is 6.76. The number of nitrogens with one attached hydrogen (secondary N) is 1. The third kappa shape index (κ3) is 2.27. The summed E-state index contributed by atoms with van der Waals surface area (Å²) >= 11 is 0. The molecular formula is C13H24N2O. The predicted molar refractivity (Wildman–Crippen MR) is 64.5 cm³/mol. The Balaban J connectivity index is 1.61. The van der Waals surface area contributed by atoms with E-state index in [-0.39, 0.29) is 0 Å². The lowest BCUT2D eigenvalue weighted by Crippen LogP contribution is -2.59. The maximum Gasteiger partial charge on any atom is 0.0480 e. The van der Waals surface area contributed by atoms with Crippen molar-refractivity contribution in [1.82, 2.24) is 10.2 Å². The highest BCUT2D eigenvalue weighted by atomic mass is 16.5. The van der Waals surface area contributed by atoms with Crippen LogP contribution in [0, 0.1) is 5.92 Å². The van der Waals surface area contributed by atoms with Crippen molar-refractivity contribution >= 4 is 0 Å². The Morgan fingerprint density at radius 1 is 1.12 bits per heavy atom. The van der Waals surface area contributed by atoms with Crippen LogP contribution in [0.3, 0.4) is 0 Å². The zero-order chi connectivity index (χ0) is 11.0. The quantitative estimate of drug-likeness (QED) is 0.764. The minimum absolute atomic E-state index is 0.707. The van der Waals surface area contributed by atoms with E-state index < -0.39 is 0 Å². The molecule has 0 bridgehead atoms. The van der Waals surface area contributed by atoms with Crippen LogP contribution in [-0.4, -0.2) is 49.3 Å². The number of rotatable bonds is 2. The second-order valence-corrected chi connectivity index (χ2v) is 5.74. The first-order valence-corrected chi connectivity index (χ1v) is 6.91. The summed E-state index contributed by atoms with van der Waals surface area (Å²) in [6.07, 6.45) is 5.38. The van der Waals surface area contributed by atoms with Gasteiger partial charge in [0, 0.05) is 44.4 Å². The van der Waals surface area contributed by atoms with Crippen LogP contribution in [0.15, 0.2) is 0 Å². The Morgan fingerprint density at radius 3 is 2.56 bits per heavy atom. The van der Waals surface area contributed by atoms with E-state index in [9.17, 15) is 0 Å². The van der Waals surface area contributed by atoms with Crippen molar-refractivity contribution in [3.8, 4) is 0 Å². The Labute approximate surface area is 98.5 Å². The highest BCUT2D eigenvalue weighted by molar-refractivity contribution is 4.95. The van der Waals surface area contributed by atoms with Gasteiger partial charge in [0.05, 0.1) is 0 Å². The van der Waals surface area contributed by atoms with E-state index in [2.05, 4.69) is 17.1 Å². The number of hydrogen-bond donors (Lipinski definition) is 1. The van der Waals surface area contributed by atoms with Crippen molar-refractivity contribution in [3.05, 3.63) is 0 Å². The molecule has 3 rings (SSSR count). The number of piperazine rings is 1. The van der Waals surface area contributed by atoms with Crippen LogP contribution < -0.4 is 5.32 Å². The van der Waals surface area contributed by atoms with Crippen molar-refractivity contribution in [2.75, 3.05) is 26.3 Å². The predicted octanol–water partition coefficient (Wildman–Crippen LogP) is 1.24. The Morgan fingerprint density at radius 2 is 1.88 bits per heavy atom. The molecule has 1 N–H and O–H groups in total. The monoisotopic (exact) mass is 224 g/mol. The average Bonchev–Trinajstić information content (AvgIpc) is 3.15. The van der Waals surface area contributed by atoms with E-state index in [1.54, 1.807) is 0 Å². The lowest BCUT2D eigenvalue weighted by atomic mass is 9.99. The summed E-state index contributed by atoms with van der Waals surface area (Å²) in [5.74, 6) is 0.981. The van der Waals surface area contributed by atoms with E-state index in [1.807, 2.05) is 0 Å². The van der Waals surface area contributed by atoms with Gasteiger partial charge < -0.3 is 10.1 Å². The van der Waals surface area contributed by atoms with Gasteiger partial charge in [0.1, 0.15) is 0 Å².